The van der Waals surface area contributed by atoms with Crippen LogP contribution in [-0.2, 0) is 5.41 Å². The molecule has 0 bridgehead atoms. The van der Waals surface area contributed by atoms with Crippen LogP contribution in [0.1, 0.15) is 24.6 Å². The summed E-state index contributed by atoms with van der Waals surface area (Å²) in [5.41, 5.74) is 3.57. The Kier molecular flexibility index (Phi) is 3.11. The first-order valence-corrected chi connectivity index (χ1v) is 6.98. The van der Waals surface area contributed by atoms with E-state index in [0.29, 0.717) is 0 Å². The lowest BCUT2D eigenvalue weighted by Crippen LogP contribution is -2.27. The van der Waals surface area contributed by atoms with Crippen molar-refractivity contribution >= 4 is 11.6 Å². The maximum absolute atomic E-state index is 6.23. The summed E-state index contributed by atoms with van der Waals surface area (Å²) in [6.45, 7) is 6.37. The third kappa shape index (κ3) is 2.17. The predicted octanol–water partition coefficient (Wildman–Crippen LogP) is 3.09. The van der Waals surface area contributed by atoms with E-state index in [4.69, 9.17) is 11.6 Å². The highest BCUT2D eigenvalue weighted by Gasteiger charge is 2.33. The van der Waals surface area contributed by atoms with Crippen LogP contribution in [0.4, 0.5) is 0 Å². The molecule has 2 aromatic rings. The van der Waals surface area contributed by atoms with E-state index in [-0.39, 0.29) is 5.41 Å². The average Bonchev–Trinajstić information content (AvgIpc) is 3.02. The van der Waals surface area contributed by atoms with Crippen LogP contribution in [0.3, 0.4) is 0 Å². The van der Waals surface area contributed by atoms with Gasteiger partial charge in [-0.2, -0.15) is 0 Å². The Labute approximate surface area is 118 Å². The lowest BCUT2D eigenvalue weighted by Gasteiger charge is -2.24. The summed E-state index contributed by atoms with van der Waals surface area (Å²) in [5.74, 6) is 0. The molecule has 1 N–H and O–H groups in total. The maximum atomic E-state index is 6.23. The molecule has 1 aromatic heterocycles. The number of hydrogen-bond acceptors (Lipinski definition) is 2. The molecule has 2 heterocycles. The van der Waals surface area contributed by atoms with Gasteiger partial charge in [-0.25, -0.2) is 4.98 Å². The van der Waals surface area contributed by atoms with E-state index in [1.807, 2.05) is 25.5 Å². The molecule has 0 aliphatic carbocycles. The molecule has 1 aliphatic rings. The summed E-state index contributed by atoms with van der Waals surface area (Å²) in [4.78, 5) is 4.33. The summed E-state index contributed by atoms with van der Waals surface area (Å²) < 4.78 is 2.15. The average molecular weight is 276 g/mol. The molecule has 0 saturated carbocycles. The van der Waals surface area contributed by atoms with Gasteiger partial charge in [0.2, 0.25) is 0 Å². The first-order valence-electron chi connectivity index (χ1n) is 6.60. The number of hydrogen-bond donors (Lipinski definition) is 1. The molecule has 100 valence electrons. The van der Waals surface area contributed by atoms with Crippen molar-refractivity contribution in [3.8, 4) is 5.69 Å². The van der Waals surface area contributed by atoms with Crippen molar-refractivity contribution in [2.24, 2.45) is 0 Å². The Morgan fingerprint density at radius 1 is 1.42 bits per heavy atom. The van der Waals surface area contributed by atoms with Crippen LogP contribution in [-0.4, -0.2) is 22.6 Å². The zero-order valence-corrected chi connectivity index (χ0v) is 12.0. The van der Waals surface area contributed by atoms with E-state index in [1.165, 1.54) is 5.69 Å². The molecule has 4 heteroatoms. The fourth-order valence-electron chi connectivity index (χ4n) is 2.71. The molecule has 1 unspecified atom stereocenters. The van der Waals surface area contributed by atoms with Crippen molar-refractivity contribution < 1.29 is 0 Å². The van der Waals surface area contributed by atoms with Crippen LogP contribution >= 0.6 is 11.6 Å². The Balaban J connectivity index is 2.06. The molecule has 1 saturated heterocycles. The molecule has 1 atom stereocenters. The molecule has 3 rings (SSSR count). The highest BCUT2D eigenvalue weighted by atomic mass is 35.5. The smallest absolute Gasteiger partial charge is 0.0994 e. The molecule has 1 aromatic carbocycles. The van der Waals surface area contributed by atoms with Crippen LogP contribution in [0, 0.1) is 6.92 Å². The van der Waals surface area contributed by atoms with E-state index in [0.717, 1.165) is 35.8 Å². The lowest BCUT2D eigenvalue weighted by molar-refractivity contribution is 0.499. The summed E-state index contributed by atoms with van der Waals surface area (Å²) in [5, 5.41) is 4.23. The Hall–Kier alpha value is -1.32. The first kappa shape index (κ1) is 12.7. The second-order valence-electron chi connectivity index (χ2n) is 5.57. The number of rotatable bonds is 2. The second-order valence-corrected chi connectivity index (χ2v) is 5.98. The quantitative estimate of drug-likeness (QED) is 0.913. The van der Waals surface area contributed by atoms with Crippen LogP contribution in [0.5, 0.6) is 0 Å². The molecular weight excluding hydrogens is 258 g/mol. The van der Waals surface area contributed by atoms with Gasteiger partial charge in [0.05, 0.1) is 6.33 Å². The number of nitrogens with zero attached hydrogens (tertiary/aromatic N) is 2. The fraction of sp³-hybridized carbons (Fsp3) is 0.400. The molecule has 1 fully saturated rings. The van der Waals surface area contributed by atoms with Gasteiger partial charge < -0.3 is 9.88 Å². The minimum atomic E-state index is 0.147. The number of imidazole rings is 1. The SMILES string of the molecule is Cc1ccc(-n2cncc2C2(C)CCNC2)cc1Cl. The van der Waals surface area contributed by atoms with Gasteiger partial charge in [0.15, 0.2) is 0 Å². The van der Waals surface area contributed by atoms with E-state index in [2.05, 4.69) is 33.9 Å². The van der Waals surface area contributed by atoms with Gasteiger partial charge in [-0.15, -0.1) is 0 Å². The van der Waals surface area contributed by atoms with Crippen molar-refractivity contribution in [2.75, 3.05) is 13.1 Å². The summed E-state index contributed by atoms with van der Waals surface area (Å²) in [6, 6.07) is 6.16. The maximum Gasteiger partial charge on any atom is 0.0994 e. The van der Waals surface area contributed by atoms with Crippen molar-refractivity contribution in [1.82, 2.24) is 14.9 Å². The standard InChI is InChI=1S/C15H18ClN3/c1-11-3-4-12(7-13(11)16)19-10-18-8-14(19)15(2)5-6-17-9-15/h3-4,7-8,10,17H,5-6,9H2,1-2H3. The zero-order chi connectivity index (χ0) is 13.5. The van der Waals surface area contributed by atoms with Crippen molar-refractivity contribution in [3.05, 3.63) is 47.0 Å². The van der Waals surface area contributed by atoms with Gasteiger partial charge in [0.1, 0.15) is 0 Å². The molecule has 0 radical (unpaired) electrons. The van der Waals surface area contributed by atoms with E-state index in [9.17, 15) is 0 Å². The van der Waals surface area contributed by atoms with Crippen LogP contribution in [0.15, 0.2) is 30.7 Å². The van der Waals surface area contributed by atoms with Crippen molar-refractivity contribution in [3.63, 3.8) is 0 Å². The lowest BCUT2D eigenvalue weighted by atomic mass is 9.86. The molecule has 1 aliphatic heterocycles. The van der Waals surface area contributed by atoms with Crippen molar-refractivity contribution in [2.45, 2.75) is 25.7 Å². The first-order chi connectivity index (χ1) is 9.10. The van der Waals surface area contributed by atoms with Gasteiger partial charge in [0, 0.05) is 34.6 Å². The molecule has 3 nitrogen and oxygen atoms in total. The number of nitrogens with one attached hydrogen (secondary N) is 1. The minimum Gasteiger partial charge on any atom is -0.316 e. The fourth-order valence-corrected chi connectivity index (χ4v) is 2.89. The molecular formula is C15H18ClN3. The highest BCUT2D eigenvalue weighted by molar-refractivity contribution is 6.31. The normalized spacial score (nSPS) is 22.9. The molecule has 0 spiro atoms. The third-order valence-corrected chi connectivity index (χ3v) is 4.47. The summed E-state index contributed by atoms with van der Waals surface area (Å²) in [7, 11) is 0. The summed E-state index contributed by atoms with van der Waals surface area (Å²) in [6.07, 6.45) is 4.99. The monoisotopic (exact) mass is 275 g/mol. The van der Waals surface area contributed by atoms with Gasteiger partial charge in [0.25, 0.3) is 0 Å². The van der Waals surface area contributed by atoms with E-state index >= 15 is 0 Å². The van der Waals surface area contributed by atoms with Crippen LogP contribution in [0.25, 0.3) is 5.69 Å². The Bertz CT molecular complexity index is 597. The van der Waals surface area contributed by atoms with Crippen molar-refractivity contribution in [1.29, 1.82) is 0 Å². The van der Waals surface area contributed by atoms with E-state index in [1.54, 1.807) is 0 Å². The largest absolute Gasteiger partial charge is 0.316 e. The number of aromatic nitrogens is 2. The van der Waals surface area contributed by atoms with Gasteiger partial charge in [-0.3, -0.25) is 0 Å². The number of halogens is 1. The topological polar surface area (TPSA) is 29.9 Å². The van der Waals surface area contributed by atoms with Gasteiger partial charge in [-0.1, -0.05) is 24.6 Å². The van der Waals surface area contributed by atoms with Gasteiger partial charge in [-0.05, 0) is 37.6 Å². The van der Waals surface area contributed by atoms with E-state index < -0.39 is 0 Å². The van der Waals surface area contributed by atoms with Crippen LogP contribution in [0.2, 0.25) is 5.02 Å². The third-order valence-electron chi connectivity index (χ3n) is 4.06. The zero-order valence-electron chi connectivity index (χ0n) is 11.3. The van der Waals surface area contributed by atoms with Gasteiger partial charge >= 0.3 is 0 Å². The second kappa shape index (κ2) is 4.66. The Morgan fingerprint density at radius 2 is 2.26 bits per heavy atom. The number of benzene rings is 1. The van der Waals surface area contributed by atoms with Crippen LogP contribution < -0.4 is 5.32 Å². The number of aryl methyl sites for hydroxylation is 1. The minimum absolute atomic E-state index is 0.147. The molecule has 19 heavy (non-hydrogen) atoms. The predicted molar refractivity (Wildman–Crippen MR) is 78.1 cm³/mol. The Morgan fingerprint density at radius 3 is 2.95 bits per heavy atom. The molecule has 0 amide bonds. The highest BCUT2D eigenvalue weighted by Crippen LogP contribution is 2.32. The summed E-state index contributed by atoms with van der Waals surface area (Å²) >= 11 is 6.23.